The van der Waals surface area contributed by atoms with Gasteiger partial charge in [0.05, 0.1) is 18.3 Å². The lowest BCUT2D eigenvalue weighted by atomic mass is 9.81. The fraction of sp³-hybridized carbons (Fsp3) is 0.290. The lowest BCUT2D eigenvalue weighted by Crippen LogP contribution is -2.51. The summed E-state index contributed by atoms with van der Waals surface area (Å²) in [5.41, 5.74) is -1.27. The summed E-state index contributed by atoms with van der Waals surface area (Å²) in [6, 6.07) is 9.38. The van der Waals surface area contributed by atoms with Gasteiger partial charge in [-0.25, -0.2) is 13.8 Å². The highest BCUT2D eigenvalue weighted by Crippen LogP contribution is 2.48. The SMILES string of the molecule is CC1(C(N)=O)COc2c1cc(C(O)(CNC(=O)c1cc(OC3CC3)c3ncccc3c1)C(F)(F)F)nc2-c1ccc(F)c(F)c1. The average molecular weight is 629 g/mol. The van der Waals surface area contributed by atoms with E-state index in [9.17, 15) is 36.6 Å². The number of alkyl halides is 3. The Morgan fingerprint density at radius 2 is 1.89 bits per heavy atom. The van der Waals surface area contributed by atoms with E-state index in [0.29, 0.717) is 17.0 Å². The van der Waals surface area contributed by atoms with Gasteiger partial charge in [-0.1, -0.05) is 6.07 Å². The first kappa shape index (κ1) is 30.2. The summed E-state index contributed by atoms with van der Waals surface area (Å²) in [7, 11) is 0. The molecule has 1 aliphatic heterocycles. The van der Waals surface area contributed by atoms with E-state index >= 15 is 0 Å². The number of benzene rings is 2. The molecule has 234 valence electrons. The van der Waals surface area contributed by atoms with Crippen molar-refractivity contribution in [2.24, 2.45) is 5.73 Å². The van der Waals surface area contributed by atoms with Crippen LogP contribution in [-0.4, -0.2) is 52.3 Å². The van der Waals surface area contributed by atoms with Crippen molar-refractivity contribution >= 4 is 22.7 Å². The third-order valence-corrected chi connectivity index (χ3v) is 7.96. The molecule has 0 radical (unpaired) electrons. The van der Waals surface area contributed by atoms with Crippen LogP contribution < -0.4 is 20.5 Å². The molecule has 2 aromatic heterocycles. The normalized spacial score (nSPS) is 19.0. The first-order valence-electron chi connectivity index (χ1n) is 13.8. The number of carbonyl (C=O) groups is 2. The summed E-state index contributed by atoms with van der Waals surface area (Å²) >= 11 is 0. The Hall–Kier alpha value is -4.85. The molecule has 2 amide bonds. The topological polar surface area (TPSA) is 137 Å². The van der Waals surface area contributed by atoms with Crippen molar-refractivity contribution < 1.29 is 46.1 Å². The Morgan fingerprint density at radius 3 is 2.56 bits per heavy atom. The van der Waals surface area contributed by atoms with E-state index in [1.54, 1.807) is 12.1 Å². The average Bonchev–Trinajstić information content (AvgIpc) is 3.75. The molecule has 4 N–H and O–H groups in total. The van der Waals surface area contributed by atoms with Gasteiger partial charge < -0.3 is 25.6 Å². The molecule has 6 rings (SSSR count). The van der Waals surface area contributed by atoms with Crippen LogP contribution in [0.3, 0.4) is 0 Å². The van der Waals surface area contributed by atoms with Gasteiger partial charge in [0.15, 0.2) is 11.6 Å². The number of nitrogens with two attached hydrogens (primary N) is 1. The van der Waals surface area contributed by atoms with E-state index in [2.05, 4.69) is 15.3 Å². The molecule has 45 heavy (non-hydrogen) atoms. The molecule has 0 spiro atoms. The van der Waals surface area contributed by atoms with Gasteiger partial charge in [0.25, 0.3) is 5.91 Å². The Kier molecular flexibility index (Phi) is 7.14. The zero-order valence-corrected chi connectivity index (χ0v) is 23.5. The second kappa shape index (κ2) is 10.6. The fourth-order valence-corrected chi connectivity index (χ4v) is 5.03. The maximum atomic E-state index is 14.7. The van der Waals surface area contributed by atoms with Crippen molar-refractivity contribution in [1.82, 2.24) is 15.3 Å². The number of aliphatic hydroxyl groups is 1. The molecular formula is C31H25F5N4O5. The summed E-state index contributed by atoms with van der Waals surface area (Å²) in [4.78, 5) is 33.9. The molecule has 0 saturated heterocycles. The minimum absolute atomic E-state index is 0.0465. The molecule has 14 heteroatoms. The fourth-order valence-electron chi connectivity index (χ4n) is 5.03. The highest BCUT2D eigenvalue weighted by Gasteiger charge is 2.57. The molecule has 1 aliphatic carbocycles. The standard InChI is InChI=1S/C31H25F5N4O5/c1-29(28(37)42)14-44-26-19(29)12-23(40-25(26)16-4-7-20(32)21(33)10-16)30(43,31(34,35)36)13-39-27(41)17-9-15-3-2-8-38-24(15)22(11-17)45-18-5-6-18/h2-4,7-12,18,43H,5-6,13-14H2,1H3,(H2,37,42)(H,39,41). The van der Waals surface area contributed by atoms with Gasteiger partial charge in [-0.05, 0) is 62.2 Å². The molecule has 1 fully saturated rings. The van der Waals surface area contributed by atoms with Gasteiger partial charge in [-0.15, -0.1) is 0 Å². The first-order valence-corrected chi connectivity index (χ1v) is 13.8. The van der Waals surface area contributed by atoms with Crippen molar-refractivity contribution in [3.63, 3.8) is 0 Å². The molecule has 3 heterocycles. The van der Waals surface area contributed by atoms with Crippen molar-refractivity contribution in [2.75, 3.05) is 13.2 Å². The highest BCUT2D eigenvalue weighted by molar-refractivity contribution is 6.00. The van der Waals surface area contributed by atoms with Crippen LogP contribution in [0, 0.1) is 11.6 Å². The molecule has 2 aliphatic rings. The highest BCUT2D eigenvalue weighted by atomic mass is 19.4. The molecule has 0 bridgehead atoms. The summed E-state index contributed by atoms with van der Waals surface area (Å²) in [5, 5.41) is 13.9. The maximum absolute atomic E-state index is 14.7. The van der Waals surface area contributed by atoms with E-state index < -0.39 is 58.6 Å². The summed E-state index contributed by atoms with van der Waals surface area (Å²) in [6.07, 6.45) is -2.33. The number of pyridine rings is 2. The van der Waals surface area contributed by atoms with Gasteiger partial charge >= 0.3 is 6.18 Å². The zero-order chi connectivity index (χ0) is 32.3. The van der Waals surface area contributed by atoms with Gasteiger partial charge in [0.1, 0.15) is 34.7 Å². The van der Waals surface area contributed by atoms with Gasteiger partial charge in [-0.3, -0.25) is 14.6 Å². The Morgan fingerprint density at radius 1 is 1.13 bits per heavy atom. The third-order valence-electron chi connectivity index (χ3n) is 7.96. The number of nitrogens with zero attached hydrogens (tertiary/aromatic N) is 2. The number of rotatable bonds is 8. The number of ether oxygens (including phenoxy) is 2. The van der Waals surface area contributed by atoms with Gasteiger partial charge in [0.2, 0.25) is 11.5 Å². The van der Waals surface area contributed by atoms with Gasteiger partial charge in [-0.2, -0.15) is 13.2 Å². The van der Waals surface area contributed by atoms with Gasteiger partial charge in [0, 0.05) is 28.3 Å². The van der Waals surface area contributed by atoms with Crippen molar-refractivity contribution in [3.05, 3.63) is 83.2 Å². The van der Waals surface area contributed by atoms with Crippen molar-refractivity contribution in [2.45, 2.75) is 43.1 Å². The van der Waals surface area contributed by atoms with Crippen LogP contribution in [0.25, 0.3) is 22.2 Å². The Labute approximate surface area is 252 Å². The maximum Gasteiger partial charge on any atom is 0.424 e. The van der Waals surface area contributed by atoms with Crippen LogP contribution in [0.2, 0.25) is 0 Å². The molecule has 9 nitrogen and oxygen atoms in total. The van der Waals surface area contributed by atoms with E-state index in [-0.39, 0.29) is 40.9 Å². The molecule has 2 unspecified atom stereocenters. The summed E-state index contributed by atoms with van der Waals surface area (Å²) in [5.74, 6) is -4.36. The second-order valence-corrected chi connectivity index (χ2v) is 11.3. The van der Waals surface area contributed by atoms with E-state index in [4.69, 9.17) is 15.2 Å². The molecular weight excluding hydrogens is 603 g/mol. The quantitative estimate of drug-likeness (QED) is 0.246. The third kappa shape index (κ3) is 5.28. The zero-order valence-electron chi connectivity index (χ0n) is 23.5. The number of nitrogens with one attached hydrogen (secondary N) is 1. The monoisotopic (exact) mass is 628 g/mol. The predicted octanol–water partition coefficient (Wildman–Crippen LogP) is 4.43. The number of carbonyl (C=O) groups excluding carboxylic acids is 2. The van der Waals surface area contributed by atoms with Crippen molar-refractivity contribution in [1.29, 1.82) is 0 Å². The van der Waals surface area contributed by atoms with Crippen LogP contribution in [-0.2, 0) is 15.8 Å². The first-order chi connectivity index (χ1) is 21.2. The number of hydrogen-bond donors (Lipinski definition) is 3. The molecule has 2 aromatic carbocycles. The number of fused-ring (bicyclic) bond motifs is 2. The molecule has 2 atom stereocenters. The second-order valence-electron chi connectivity index (χ2n) is 11.3. The largest absolute Gasteiger partial charge is 0.489 e. The van der Waals surface area contributed by atoms with Crippen LogP contribution in [0.5, 0.6) is 11.5 Å². The number of aromatic nitrogens is 2. The predicted molar refractivity (Wildman–Crippen MR) is 149 cm³/mol. The van der Waals surface area contributed by atoms with E-state index in [1.165, 1.54) is 25.3 Å². The lowest BCUT2D eigenvalue weighted by Gasteiger charge is -2.31. The summed E-state index contributed by atoms with van der Waals surface area (Å²) < 4.78 is 83.5. The minimum atomic E-state index is -5.43. The number of halogens is 5. The number of amides is 2. The minimum Gasteiger partial charge on any atom is -0.489 e. The van der Waals surface area contributed by atoms with Crippen LogP contribution in [0.4, 0.5) is 22.0 Å². The summed E-state index contributed by atoms with van der Waals surface area (Å²) in [6.45, 7) is -0.469. The van der Waals surface area contributed by atoms with E-state index in [1.807, 2.05) is 0 Å². The smallest absolute Gasteiger partial charge is 0.424 e. The molecule has 4 aromatic rings. The van der Waals surface area contributed by atoms with Crippen LogP contribution in [0.1, 0.15) is 41.4 Å². The Bertz CT molecular complexity index is 1860. The molecule has 1 saturated carbocycles. The van der Waals surface area contributed by atoms with E-state index in [0.717, 1.165) is 31.0 Å². The number of hydrogen-bond acceptors (Lipinski definition) is 7. The van der Waals surface area contributed by atoms with Crippen LogP contribution >= 0.6 is 0 Å². The lowest BCUT2D eigenvalue weighted by molar-refractivity contribution is -0.265. The number of primary amides is 1. The van der Waals surface area contributed by atoms with Crippen LogP contribution in [0.15, 0.2) is 54.7 Å². The Balaban J connectivity index is 1.41. The van der Waals surface area contributed by atoms with Crippen molar-refractivity contribution in [3.8, 4) is 22.8 Å².